The van der Waals surface area contributed by atoms with Gasteiger partial charge in [0.2, 0.25) is 0 Å². The van der Waals surface area contributed by atoms with E-state index in [0.717, 1.165) is 23.6 Å². The highest BCUT2D eigenvalue weighted by molar-refractivity contribution is 7.99. The fraction of sp³-hybridized carbons (Fsp3) is 0.571. The standard InChI is InChI=1S/C14H21ClN2O2S/c1-4-19-13(18)14(2,16-3)8-5-9-20-12-7-6-11(15)10-17-12/h6-7,10,16H,4-5,8-9H2,1-3H3. The van der Waals surface area contributed by atoms with Crippen molar-refractivity contribution >= 4 is 29.3 Å². The maximum Gasteiger partial charge on any atom is 0.326 e. The van der Waals surface area contributed by atoms with Crippen molar-refractivity contribution in [1.82, 2.24) is 10.3 Å². The number of ether oxygens (including phenoxy) is 1. The van der Waals surface area contributed by atoms with Gasteiger partial charge in [-0.1, -0.05) is 11.6 Å². The Hall–Kier alpha value is -0.780. The molecule has 0 radical (unpaired) electrons. The summed E-state index contributed by atoms with van der Waals surface area (Å²) in [7, 11) is 1.78. The molecule has 20 heavy (non-hydrogen) atoms. The Bertz CT molecular complexity index is 428. The first-order valence-corrected chi connectivity index (χ1v) is 7.98. The molecule has 0 aliphatic heterocycles. The molecule has 0 aliphatic carbocycles. The molecular weight excluding hydrogens is 296 g/mol. The summed E-state index contributed by atoms with van der Waals surface area (Å²) in [6.07, 6.45) is 3.26. The number of carbonyl (C=O) groups excluding carboxylic acids is 1. The molecule has 0 fully saturated rings. The molecule has 4 nitrogen and oxygen atoms in total. The van der Waals surface area contributed by atoms with Crippen molar-refractivity contribution in [2.24, 2.45) is 0 Å². The molecule has 1 rings (SSSR count). The number of nitrogens with zero attached hydrogens (tertiary/aromatic N) is 1. The van der Waals surface area contributed by atoms with Crippen LogP contribution in [0.2, 0.25) is 5.02 Å². The van der Waals surface area contributed by atoms with Crippen molar-refractivity contribution in [2.75, 3.05) is 19.4 Å². The maximum atomic E-state index is 11.9. The van der Waals surface area contributed by atoms with E-state index in [1.807, 2.05) is 26.0 Å². The normalized spacial score (nSPS) is 13.8. The molecule has 0 amide bonds. The van der Waals surface area contributed by atoms with Gasteiger partial charge in [-0.25, -0.2) is 4.98 Å². The second-order valence-electron chi connectivity index (χ2n) is 4.57. The zero-order chi connectivity index (χ0) is 15.0. The van der Waals surface area contributed by atoms with Crippen LogP contribution in [0.15, 0.2) is 23.4 Å². The molecule has 0 bridgehead atoms. The summed E-state index contributed by atoms with van der Waals surface area (Å²) in [5.74, 6) is 0.697. The van der Waals surface area contributed by atoms with Crippen LogP contribution >= 0.6 is 23.4 Å². The molecule has 0 aliphatic rings. The highest BCUT2D eigenvalue weighted by atomic mass is 35.5. The third kappa shape index (κ3) is 5.31. The summed E-state index contributed by atoms with van der Waals surface area (Å²) in [4.78, 5) is 16.1. The average Bonchev–Trinajstić information content (AvgIpc) is 2.45. The van der Waals surface area contributed by atoms with Gasteiger partial charge in [0.1, 0.15) is 5.54 Å². The fourth-order valence-corrected chi connectivity index (χ4v) is 2.57. The van der Waals surface area contributed by atoms with Gasteiger partial charge in [0.15, 0.2) is 0 Å². The molecule has 1 aromatic heterocycles. The molecule has 1 atom stereocenters. The number of hydrogen-bond acceptors (Lipinski definition) is 5. The summed E-state index contributed by atoms with van der Waals surface area (Å²) >= 11 is 7.44. The van der Waals surface area contributed by atoms with E-state index in [1.165, 1.54) is 0 Å². The third-order valence-electron chi connectivity index (χ3n) is 3.05. The number of aromatic nitrogens is 1. The van der Waals surface area contributed by atoms with Gasteiger partial charge in [0.05, 0.1) is 16.7 Å². The second kappa shape index (κ2) is 8.49. The summed E-state index contributed by atoms with van der Waals surface area (Å²) in [5.41, 5.74) is -0.621. The van der Waals surface area contributed by atoms with Crippen LogP contribution in [-0.2, 0) is 9.53 Å². The van der Waals surface area contributed by atoms with Gasteiger partial charge in [0.25, 0.3) is 0 Å². The van der Waals surface area contributed by atoms with Crippen LogP contribution in [-0.4, -0.2) is 35.9 Å². The molecule has 0 saturated heterocycles. The molecular formula is C14H21ClN2O2S. The van der Waals surface area contributed by atoms with Crippen LogP contribution in [0.5, 0.6) is 0 Å². The predicted octanol–water partition coefficient (Wildman–Crippen LogP) is 3.15. The largest absolute Gasteiger partial charge is 0.465 e. The summed E-state index contributed by atoms with van der Waals surface area (Å²) in [5, 5.41) is 4.63. The van der Waals surface area contributed by atoms with Crippen molar-refractivity contribution in [3.8, 4) is 0 Å². The summed E-state index contributed by atoms with van der Waals surface area (Å²) in [6, 6.07) is 3.73. The zero-order valence-corrected chi connectivity index (χ0v) is 13.7. The number of pyridine rings is 1. The van der Waals surface area contributed by atoms with Crippen LogP contribution < -0.4 is 5.32 Å². The van der Waals surface area contributed by atoms with Gasteiger partial charge in [-0.05, 0) is 51.6 Å². The SMILES string of the molecule is CCOC(=O)C(C)(CCCSc1ccc(Cl)cn1)NC. The number of esters is 1. The maximum absolute atomic E-state index is 11.9. The predicted molar refractivity (Wildman–Crippen MR) is 83.3 cm³/mol. The van der Waals surface area contributed by atoms with Crippen LogP contribution in [0, 0.1) is 0 Å². The first-order valence-electron chi connectivity index (χ1n) is 6.62. The highest BCUT2D eigenvalue weighted by Gasteiger charge is 2.32. The molecule has 6 heteroatoms. The summed E-state index contributed by atoms with van der Waals surface area (Å²) < 4.78 is 5.09. The van der Waals surface area contributed by atoms with Gasteiger partial charge in [-0.15, -0.1) is 11.8 Å². The molecule has 112 valence electrons. The minimum absolute atomic E-state index is 0.197. The first-order chi connectivity index (χ1) is 9.51. The van der Waals surface area contributed by atoms with Crippen LogP contribution in [0.1, 0.15) is 26.7 Å². The number of thioether (sulfide) groups is 1. The third-order valence-corrected chi connectivity index (χ3v) is 4.30. The lowest BCUT2D eigenvalue weighted by molar-refractivity contribution is -0.150. The molecule has 1 heterocycles. The number of carbonyl (C=O) groups is 1. The second-order valence-corrected chi connectivity index (χ2v) is 6.12. The Kier molecular flexibility index (Phi) is 7.34. The number of hydrogen-bond donors (Lipinski definition) is 1. The van der Waals surface area contributed by atoms with E-state index < -0.39 is 5.54 Å². The van der Waals surface area contributed by atoms with E-state index in [1.54, 1.807) is 25.0 Å². The zero-order valence-electron chi connectivity index (χ0n) is 12.1. The van der Waals surface area contributed by atoms with E-state index in [9.17, 15) is 4.79 Å². The van der Waals surface area contributed by atoms with Gasteiger partial charge >= 0.3 is 5.97 Å². The van der Waals surface area contributed by atoms with Crippen molar-refractivity contribution in [3.63, 3.8) is 0 Å². The minimum Gasteiger partial charge on any atom is -0.465 e. The van der Waals surface area contributed by atoms with Crippen molar-refractivity contribution in [3.05, 3.63) is 23.4 Å². The molecule has 0 aromatic carbocycles. The number of rotatable bonds is 8. The van der Waals surface area contributed by atoms with E-state index in [0.29, 0.717) is 11.6 Å². The monoisotopic (exact) mass is 316 g/mol. The Morgan fingerprint density at radius 1 is 1.55 bits per heavy atom. The van der Waals surface area contributed by atoms with Crippen LogP contribution in [0.4, 0.5) is 0 Å². The minimum atomic E-state index is -0.621. The summed E-state index contributed by atoms with van der Waals surface area (Å²) in [6.45, 7) is 4.09. The lowest BCUT2D eigenvalue weighted by atomic mass is 9.97. The van der Waals surface area contributed by atoms with Gasteiger partial charge in [0, 0.05) is 6.20 Å². The first kappa shape index (κ1) is 17.3. The van der Waals surface area contributed by atoms with Crippen LogP contribution in [0.3, 0.4) is 0 Å². The lowest BCUT2D eigenvalue weighted by Crippen LogP contribution is -2.48. The van der Waals surface area contributed by atoms with Crippen molar-refractivity contribution < 1.29 is 9.53 Å². The molecule has 0 saturated carbocycles. The topological polar surface area (TPSA) is 51.2 Å². The number of likely N-dealkylation sites (N-methyl/N-ethyl adjacent to an activating group) is 1. The Morgan fingerprint density at radius 3 is 2.85 bits per heavy atom. The van der Waals surface area contributed by atoms with Gasteiger partial charge in [-0.3, -0.25) is 4.79 Å². The van der Waals surface area contributed by atoms with E-state index in [2.05, 4.69) is 10.3 Å². The van der Waals surface area contributed by atoms with E-state index in [4.69, 9.17) is 16.3 Å². The van der Waals surface area contributed by atoms with E-state index in [-0.39, 0.29) is 5.97 Å². The molecule has 0 spiro atoms. The highest BCUT2D eigenvalue weighted by Crippen LogP contribution is 2.21. The van der Waals surface area contributed by atoms with Crippen molar-refractivity contribution in [1.29, 1.82) is 0 Å². The Balaban J connectivity index is 2.38. The fourth-order valence-electron chi connectivity index (χ4n) is 1.67. The Morgan fingerprint density at radius 2 is 2.30 bits per heavy atom. The van der Waals surface area contributed by atoms with Crippen LogP contribution in [0.25, 0.3) is 0 Å². The average molecular weight is 317 g/mol. The molecule has 1 unspecified atom stereocenters. The molecule has 1 aromatic rings. The van der Waals surface area contributed by atoms with Gasteiger partial charge < -0.3 is 10.1 Å². The smallest absolute Gasteiger partial charge is 0.326 e. The molecule has 1 N–H and O–H groups in total. The van der Waals surface area contributed by atoms with Crippen molar-refractivity contribution in [2.45, 2.75) is 37.3 Å². The Labute approximate surface area is 129 Å². The number of halogens is 1. The quantitative estimate of drug-likeness (QED) is 0.453. The van der Waals surface area contributed by atoms with Gasteiger partial charge in [-0.2, -0.15) is 0 Å². The lowest BCUT2D eigenvalue weighted by Gasteiger charge is -2.26. The van der Waals surface area contributed by atoms with E-state index >= 15 is 0 Å². The number of nitrogens with one attached hydrogen (secondary N) is 1.